The number of carbonyl (C=O) groups is 1. The number of aromatic nitrogens is 2. The van der Waals surface area contributed by atoms with Gasteiger partial charge in [-0.05, 0) is 30.3 Å². The van der Waals surface area contributed by atoms with Crippen LogP contribution in [0.4, 0.5) is 5.69 Å². The Hall–Kier alpha value is -3.07. The molecule has 3 aromatic rings. The van der Waals surface area contributed by atoms with Crippen LogP contribution in [0, 0.1) is 0 Å². The largest absolute Gasteiger partial charge is 0.496 e. The van der Waals surface area contributed by atoms with Crippen molar-refractivity contribution in [1.82, 2.24) is 15.3 Å². The van der Waals surface area contributed by atoms with Gasteiger partial charge in [-0.25, -0.2) is 13.4 Å². The fourth-order valence-electron chi connectivity index (χ4n) is 2.58. The number of methoxy groups -OCH3 is 1. The summed E-state index contributed by atoms with van der Waals surface area (Å²) >= 11 is 0. The van der Waals surface area contributed by atoms with Crippen LogP contribution < -0.4 is 14.8 Å². The summed E-state index contributed by atoms with van der Waals surface area (Å²) in [5.41, 5.74) is 2.99. The molecule has 0 saturated carbocycles. The lowest BCUT2D eigenvalue weighted by Gasteiger charge is -2.09. The molecule has 3 N–H and O–H groups in total. The molecule has 0 aliphatic heterocycles. The molecule has 9 heteroatoms. The summed E-state index contributed by atoms with van der Waals surface area (Å²) in [5.74, 6) is 0.825. The Morgan fingerprint density at radius 1 is 1.19 bits per heavy atom. The summed E-state index contributed by atoms with van der Waals surface area (Å²) in [7, 11) is -0.318. The van der Waals surface area contributed by atoms with E-state index in [4.69, 9.17) is 4.74 Å². The second-order valence-electron chi connectivity index (χ2n) is 5.69. The average molecular weight is 374 g/mol. The number of benzene rings is 2. The molecule has 0 spiro atoms. The lowest BCUT2D eigenvalue weighted by atomic mass is 10.1. The maximum absolute atomic E-state index is 11.8. The molecule has 0 aliphatic carbocycles. The molecule has 1 heterocycles. The van der Waals surface area contributed by atoms with Crippen molar-refractivity contribution in [3.63, 3.8) is 0 Å². The summed E-state index contributed by atoms with van der Waals surface area (Å²) in [6, 6.07) is 10.1. The van der Waals surface area contributed by atoms with Gasteiger partial charge in [-0.15, -0.1) is 0 Å². The minimum atomic E-state index is -3.38. The van der Waals surface area contributed by atoms with Crippen LogP contribution in [-0.2, 0) is 10.0 Å². The summed E-state index contributed by atoms with van der Waals surface area (Å²) in [4.78, 5) is 19.5. The van der Waals surface area contributed by atoms with Crippen molar-refractivity contribution in [2.45, 2.75) is 0 Å². The second kappa shape index (κ2) is 6.68. The van der Waals surface area contributed by atoms with Gasteiger partial charge in [0.25, 0.3) is 5.91 Å². The molecule has 3 rings (SSSR count). The topological polar surface area (TPSA) is 113 Å². The third-order valence-electron chi connectivity index (χ3n) is 3.73. The van der Waals surface area contributed by atoms with E-state index in [0.717, 1.165) is 11.8 Å². The first kappa shape index (κ1) is 17.7. The number of nitrogens with one attached hydrogen (secondary N) is 3. The minimum Gasteiger partial charge on any atom is -0.496 e. The van der Waals surface area contributed by atoms with Crippen molar-refractivity contribution in [2.75, 3.05) is 25.1 Å². The summed E-state index contributed by atoms with van der Waals surface area (Å²) in [6.45, 7) is 0. The van der Waals surface area contributed by atoms with Crippen molar-refractivity contribution in [1.29, 1.82) is 0 Å². The van der Waals surface area contributed by atoms with Gasteiger partial charge in [0.1, 0.15) is 11.6 Å². The van der Waals surface area contributed by atoms with Gasteiger partial charge in [0.15, 0.2) is 0 Å². The van der Waals surface area contributed by atoms with Crippen molar-refractivity contribution in [3.8, 4) is 17.1 Å². The van der Waals surface area contributed by atoms with Crippen molar-refractivity contribution >= 4 is 32.7 Å². The van der Waals surface area contributed by atoms with E-state index in [2.05, 4.69) is 20.0 Å². The average Bonchev–Trinajstić information content (AvgIpc) is 3.02. The standard InChI is InChI=1S/C17H18N4O4S/c1-18-17(22)10-4-7-13-14(8-10)20-16(19-13)12-6-5-11(9-15(12)25-2)21-26(3,23)24/h4-9,21H,1-3H3,(H,18,22)(H,19,20). The van der Waals surface area contributed by atoms with E-state index >= 15 is 0 Å². The van der Waals surface area contributed by atoms with E-state index in [1.54, 1.807) is 43.4 Å². The fraction of sp³-hybridized carbons (Fsp3) is 0.176. The van der Waals surface area contributed by atoms with Gasteiger partial charge in [-0.3, -0.25) is 9.52 Å². The molecule has 1 aromatic heterocycles. The minimum absolute atomic E-state index is 0.190. The number of amides is 1. The van der Waals surface area contributed by atoms with Gasteiger partial charge < -0.3 is 15.0 Å². The van der Waals surface area contributed by atoms with E-state index in [0.29, 0.717) is 33.9 Å². The van der Waals surface area contributed by atoms with E-state index in [9.17, 15) is 13.2 Å². The maximum Gasteiger partial charge on any atom is 0.251 e. The number of carbonyl (C=O) groups excluding carboxylic acids is 1. The van der Waals surface area contributed by atoms with Gasteiger partial charge in [0.05, 0.1) is 35.6 Å². The Labute approximate surface area is 150 Å². The van der Waals surface area contributed by atoms with Crippen molar-refractivity contribution < 1.29 is 17.9 Å². The zero-order chi connectivity index (χ0) is 18.9. The highest BCUT2D eigenvalue weighted by Gasteiger charge is 2.14. The SMILES string of the molecule is CNC(=O)c1ccc2[nH]c(-c3ccc(NS(C)(=O)=O)cc3OC)nc2c1. The van der Waals surface area contributed by atoms with Crippen LogP contribution in [0.15, 0.2) is 36.4 Å². The normalized spacial score (nSPS) is 11.3. The first-order chi connectivity index (χ1) is 12.3. The van der Waals surface area contributed by atoms with E-state index in [-0.39, 0.29) is 5.91 Å². The van der Waals surface area contributed by atoms with Crippen molar-refractivity contribution in [3.05, 3.63) is 42.0 Å². The predicted octanol–water partition coefficient (Wildman–Crippen LogP) is 1.97. The molecule has 0 radical (unpaired) electrons. The van der Waals surface area contributed by atoms with Crippen molar-refractivity contribution in [2.24, 2.45) is 0 Å². The Bertz CT molecular complexity index is 1090. The Morgan fingerprint density at radius 2 is 1.96 bits per heavy atom. The third-order valence-corrected chi connectivity index (χ3v) is 4.34. The molecule has 136 valence electrons. The van der Waals surface area contributed by atoms with Gasteiger partial charge in [0.2, 0.25) is 10.0 Å². The van der Waals surface area contributed by atoms with Gasteiger partial charge in [0, 0.05) is 18.7 Å². The number of hydrogen-bond donors (Lipinski definition) is 3. The molecule has 0 saturated heterocycles. The Balaban J connectivity index is 2.04. The second-order valence-corrected chi connectivity index (χ2v) is 7.43. The third kappa shape index (κ3) is 3.62. The number of sulfonamides is 1. The van der Waals surface area contributed by atoms with Gasteiger partial charge in [-0.2, -0.15) is 0 Å². The number of anilines is 1. The van der Waals surface area contributed by atoms with Crippen LogP contribution in [0.3, 0.4) is 0 Å². The number of aromatic amines is 1. The first-order valence-electron chi connectivity index (χ1n) is 7.69. The highest BCUT2D eigenvalue weighted by atomic mass is 32.2. The summed E-state index contributed by atoms with van der Waals surface area (Å²) < 4.78 is 30.5. The number of hydrogen-bond acceptors (Lipinski definition) is 5. The molecule has 1 amide bonds. The predicted molar refractivity (Wildman–Crippen MR) is 99.9 cm³/mol. The maximum atomic E-state index is 11.8. The summed E-state index contributed by atoms with van der Waals surface area (Å²) in [6.07, 6.45) is 1.08. The molecular formula is C17H18N4O4S. The zero-order valence-corrected chi connectivity index (χ0v) is 15.3. The molecule has 8 nitrogen and oxygen atoms in total. The van der Waals surface area contributed by atoms with E-state index in [1.165, 1.54) is 7.11 Å². The molecule has 0 unspecified atom stereocenters. The number of ether oxygens (including phenoxy) is 1. The van der Waals surface area contributed by atoms with Crippen LogP contribution in [-0.4, -0.2) is 44.7 Å². The number of fused-ring (bicyclic) bond motifs is 1. The van der Waals surface area contributed by atoms with Crippen LogP contribution >= 0.6 is 0 Å². The van der Waals surface area contributed by atoms with Crippen LogP contribution in [0.2, 0.25) is 0 Å². The van der Waals surface area contributed by atoms with Crippen LogP contribution in [0.1, 0.15) is 10.4 Å². The molecule has 0 bridgehead atoms. The van der Waals surface area contributed by atoms with Crippen LogP contribution in [0.5, 0.6) is 5.75 Å². The molecule has 26 heavy (non-hydrogen) atoms. The van der Waals surface area contributed by atoms with Crippen LogP contribution in [0.25, 0.3) is 22.4 Å². The monoisotopic (exact) mass is 374 g/mol. The smallest absolute Gasteiger partial charge is 0.251 e. The number of H-pyrrole nitrogens is 1. The van der Waals surface area contributed by atoms with E-state index < -0.39 is 10.0 Å². The molecule has 0 fully saturated rings. The Kier molecular flexibility index (Phi) is 4.56. The highest BCUT2D eigenvalue weighted by Crippen LogP contribution is 2.32. The zero-order valence-electron chi connectivity index (χ0n) is 14.5. The lowest BCUT2D eigenvalue weighted by Crippen LogP contribution is -2.17. The number of imidazole rings is 1. The molecule has 0 aliphatic rings. The molecular weight excluding hydrogens is 356 g/mol. The fourth-order valence-corrected chi connectivity index (χ4v) is 3.14. The first-order valence-corrected chi connectivity index (χ1v) is 9.58. The quantitative estimate of drug-likeness (QED) is 0.632. The number of nitrogens with zero attached hydrogens (tertiary/aromatic N) is 1. The lowest BCUT2D eigenvalue weighted by molar-refractivity contribution is 0.0963. The Morgan fingerprint density at radius 3 is 2.62 bits per heavy atom. The molecule has 2 aromatic carbocycles. The highest BCUT2D eigenvalue weighted by molar-refractivity contribution is 7.92. The van der Waals surface area contributed by atoms with E-state index in [1.807, 2.05) is 0 Å². The number of rotatable bonds is 5. The van der Waals surface area contributed by atoms with Gasteiger partial charge >= 0.3 is 0 Å². The molecule has 0 atom stereocenters. The van der Waals surface area contributed by atoms with Gasteiger partial charge in [-0.1, -0.05) is 0 Å². The summed E-state index contributed by atoms with van der Waals surface area (Å²) in [5, 5.41) is 2.57.